The molecule has 0 spiro atoms. The van der Waals surface area contributed by atoms with Gasteiger partial charge in [-0.25, -0.2) is 17.2 Å². The molecule has 0 aliphatic rings. The molecule has 0 aliphatic carbocycles. The molecule has 0 heterocycles. The van der Waals surface area contributed by atoms with E-state index in [-0.39, 0.29) is 23.6 Å². The Labute approximate surface area is 183 Å². The molecule has 1 N–H and O–H groups in total. The van der Waals surface area contributed by atoms with Gasteiger partial charge in [0, 0.05) is 17.2 Å². The molecule has 8 heteroatoms. The zero-order valence-corrected chi connectivity index (χ0v) is 19.6. The van der Waals surface area contributed by atoms with Gasteiger partial charge in [-0.3, -0.25) is 9.10 Å². The number of hydrogen-bond acceptors (Lipinski definition) is 3. The lowest BCUT2D eigenvalue weighted by atomic mass is 9.81. The van der Waals surface area contributed by atoms with Crippen LogP contribution in [-0.4, -0.2) is 26.1 Å². The van der Waals surface area contributed by atoms with Gasteiger partial charge in [0.15, 0.2) is 0 Å². The summed E-state index contributed by atoms with van der Waals surface area (Å²) in [7, 11) is -3.83. The van der Waals surface area contributed by atoms with Gasteiger partial charge in [-0.1, -0.05) is 32.9 Å². The van der Waals surface area contributed by atoms with E-state index < -0.39 is 27.2 Å². The van der Waals surface area contributed by atoms with Crippen LogP contribution in [0, 0.1) is 17.0 Å². The number of amides is 1. The van der Waals surface area contributed by atoms with Crippen molar-refractivity contribution in [3.05, 3.63) is 65.2 Å². The van der Waals surface area contributed by atoms with Gasteiger partial charge in [-0.2, -0.15) is 0 Å². The summed E-state index contributed by atoms with van der Waals surface area (Å²) in [5, 5.41) is 3.02. The summed E-state index contributed by atoms with van der Waals surface area (Å²) in [6.45, 7) is 10.1. The van der Waals surface area contributed by atoms with Crippen molar-refractivity contribution in [1.29, 1.82) is 0 Å². The van der Waals surface area contributed by atoms with E-state index >= 15 is 0 Å². The number of sulfonamides is 1. The largest absolute Gasteiger partial charge is 0.347 e. The first kappa shape index (κ1) is 24.8. The van der Waals surface area contributed by atoms with E-state index in [1.165, 1.54) is 0 Å². The molecule has 2 aromatic rings. The summed E-state index contributed by atoms with van der Waals surface area (Å²) < 4.78 is 52.7. The highest BCUT2D eigenvalue weighted by molar-refractivity contribution is 7.92. The van der Waals surface area contributed by atoms with Crippen molar-refractivity contribution in [1.82, 2.24) is 5.32 Å². The molecule has 2 rings (SSSR count). The van der Waals surface area contributed by atoms with Gasteiger partial charge in [0.05, 0.1) is 18.5 Å². The van der Waals surface area contributed by atoms with Gasteiger partial charge < -0.3 is 5.32 Å². The lowest BCUT2D eigenvalue weighted by molar-refractivity contribution is 0.0891. The molecule has 2 aromatic carbocycles. The number of benzene rings is 2. The summed E-state index contributed by atoms with van der Waals surface area (Å²) in [6.07, 6.45) is 1.74. The number of carbonyl (C=O) groups excluding carboxylic acids is 1. The smallest absolute Gasteiger partial charge is 0.251 e. The summed E-state index contributed by atoms with van der Waals surface area (Å²) in [5.74, 6) is -1.99. The third-order valence-corrected chi connectivity index (χ3v) is 5.67. The normalized spacial score (nSPS) is 12.5. The highest BCUT2D eigenvalue weighted by Gasteiger charge is 2.27. The van der Waals surface area contributed by atoms with Crippen LogP contribution in [0.2, 0.25) is 0 Å². The fourth-order valence-corrected chi connectivity index (χ4v) is 4.63. The molecule has 0 aromatic heterocycles. The first-order valence-corrected chi connectivity index (χ1v) is 11.8. The topological polar surface area (TPSA) is 66.5 Å². The fraction of sp³-hybridized carbons (Fsp3) is 0.435. The van der Waals surface area contributed by atoms with Crippen LogP contribution in [0.3, 0.4) is 0 Å². The maximum Gasteiger partial charge on any atom is 0.251 e. The Bertz CT molecular complexity index is 1040. The predicted molar refractivity (Wildman–Crippen MR) is 119 cm³/mol. The van der Waals surface area contributed by atoms with E-state index in [0.717, 1.165) is 29.1 Å². The third-order valence-electron chi connectivity index (χ3n) is 4.55. The second-order valence-corrected chi connectivity index (χ2v) is 11.5. The number of nitrogens with zero attached hydrogens (tertiary/aromatic N) is 1. The molecule has 31 heavy (non-hydrogen) atoms. The van der Waals surface area contributed by atoms with Crippen molar-refractivity contribution >= 4 is 21.6 Å². The molecule has 0 saturated heterocycles. The highest BCUT2D eigenvalue weighted by atomic mass is 32.2. The third kappa shape index (κ3) is 7.31. The highest BCUT2D eigenvalue weighted by Crippen LogP contribution is 2.27. The summed E-state index contributed by atoms with van der Waals surface area (Å²) in [5.41, 5.74) is 0.394. The minimum Gasteiger partial charge on any atom is -0.347 e. The first-order valence-electron chi connectivity index (χ1n) is 9.92. The lowest BCUT2D eigenvalue weighted by Gasteiger charge is -2.33. The maximum atomic E-state index is 14.2. The zero-order chi connectivity index (χ0) is 23.6. The minimum atomic E-state index is -3.83. The second kappa shape index (κ2) is 8.94. The molecule has 0 atom stereocenters. The Morgan fingerprint density at radius 3 is 2.06 bits per heavy atom. The van der Waals surface area contributed by atoms with Gasteiger partial charge in [0.25, 0.3) is 5.91 Å². The van der Waals surface area contributed by atoms with Gasteiger partial charge in [-0.15, -0.1) is 0 Å². The Balaban J connectivity index is 2.20. The van der Waals surface area contributed by atoms with Crippen LogP contribution in [0.5, 0.6) is 0 Å². The quantitative estimate of drug-likeness (QED) is 0.651. The van der Waals surface area contributed by atoms with Crippen molar-refractivity contribution in [3.8, 4) is 0 Å². The Kier molecular flexibility index (Phi) is 7.15. The van der Waals surface area contributed by atoms with Crippen molar-refractivity contribution < 1.29 is 22.0 Å². The number of hydrogen-bond donors (Lipinski definition) is 1. The SMILES string of the molecule is CC(C)(C)CC(C)(C)NC(=O)c1ccc(CN(c2ccc(F)cc2F)S(C)(=O)=O)cc1. The molecule has 0 unspecified atom stereocenters. The molecule has 0 fully saturated rings. The van der Waals surface area contributed by atoms with Crippen LogP contribution < -0.4 is 9.62 Å². The van der Waals surface area contributed by atoms with Crippen LogP contribution in [-0.2, 0) is 16.6 Å². The fourth-order valence-electron chi connectivity index (χ4n) is 3.74. The van der Waals surface area contributed by atoms with E-state index in [2.05, 4.69) is 26.1 Å². The van der Waals surface area contributed by atoms with E-state index in [1.807, 2.05) is 13.8 Å². The number of rotatable bonds is 7. The maximum absolute atomic E-state index is 14.2. The second-order valence-electron chi connectivity index (χ2n) is 9.64. The number of halogens is 2. The summed E-state index contributed by atoms with van der Waals surface area (Å²) in [6, 6.07) is 9.16. The lowest BCUT2D eigenvalue weighted by Crippen LogP contribution is -2.45. The molecule has 0 radical (unpaired) electrons. The van der Waals surface area contributed by atoms with Gasteiger partial charge in [-0.05, 0) is 55.5 Å². The van der Waals surface area contributed by atoms with E-state index in [0.29, 0.717) is 17.2 Å². The number of carbonyl (C=O) groups is 1. The van der Waals surface area contributed by atoms with Crippen LogP contribution >= 0.6 is 0 Å². The molecule has 0 aliphatic heterocycles. The van der Waals surface area contributed by atoms with Gasteiger partial charge in [0.1, 0.15) is 11.6 Å². The zero-order valence-electron chi connectivity index (χ0n) is 18.8. The van der Waals surface area contributed by atoms with Crippen LogP contribution in [0.25, 0.3) is 0 Å². The Morgan fingerprint density at radius 1 is 1.00 bits per heavy atom. The van der Waals surface area contributed by atoms with Crippen molar-refractivity contribution in [2.75, 3.05) is 10.6 Å². The minimum absolute atomic E-state index is 0.0470. The number of nitrogens with one attached hydrogen (secondary N) is 1. The monoisotopic (exact) mass is 452 g/mol. The van der Waals surface area contributed by atoms with E-state index in [1.54, 1.807) is 24.3 Å². The molecule has 0 bridgehead atoms. The Hall–Kier alpha value is -2.48. The molecule has 170 valence electrons. The number of anilines is 1. The van der Waals surface area contributed by atoms with Crippen molar-refractivity contribution in [2.45, 2.75) is 53.1 Å². The van der Waals surface area contributed by atoms with Crippen LogP contribution in [0.1, 0.15) is 57.0 Å². The Morgan fingerprint density at radius 2 is 1.58 bits per heavy atom. The molecule has 0 saturated carbocycles. The summed E-state index contributed by atoms with van der Waals surface area (Å²) in [4.78, 5) is 12.6. The average molecular weight is 453 g/mol. The van der Waals surface area contributed by atoms with Crippen LogP contribution in [0.4, 0.5) is 14.5 Å². The summed E-state index contributed by atoms with van der Waals surface area (Å²) >= 11 is 0. The van der Waals surface area contributed by atoms with Gasteiger partial charge >= 0.3 is 0 Å². The molecule has 1 amide bonds. The van der Waals surface area contributed by atoms with Crippen molar-refractivity contribution in [2.24, 2.45) is 5.41 Å². The first-order chi connectivity index (χ1) is 14.1. The molecular formula is C23H30F2N2O3S. The standard InChI is InChI=1S/C23H30F2N2O3S/c1-22(2,3)15-23(4,5)26-21(28)17-9-7-16(8-10-17)14-27(31(6,29)30)20-12-11-18(24)13-19(20)25/h7-13H,14-15H2,1-6H3,(H,26,28). The predicted octanol–water partition coefficient (Wildman–Crippen LogP) is 4.88. The molecular weight excluding hydrogens is 422 g/mol. The van der Waals surface area contributed by atoms with E-state index in [4.69, 9.17) is 0 Å². The van der Waals surface area contributed by atoms with Crippen LogP contribution in [0.15, 0.2) is 42.5 Å². The molecule has 5 nitrogen and oxygen atoms in total. The van der Waals surface area contributed by atoms with E-state index in [9.17, 15) is 22.0 Å². The average Bonchev–Trinajstić information content (AvgIpc) is 2.57. The van der Waals surface area contributed by atoms with Gasteiger partial charge in [0.2, 0.25) is 10.0 Å². The van der Waals surface area contributed by atoms with Crippen molar-refractivity contribution in [3.63, 3.8) is 0 Å².